The van der Waals surface area contributed by atoms with E-state index in [0.717, 1.165) is 37.1 Å². The van der Waals surface area contributed by atoms with Crippen molar-refractivity contribution >= 4 is 85.7 Å². The number of nitrogens with zero attached hydrogens (tertiary/aromatic N) is 4. The summed E-state index contributed by atoms with van der Waals surface area (Å²) in [6.07, 6.45) is 10.5. The number of anilines is 11. The average molecular weight is 1090 g/mol. The molecule has 0 aromatic heterocycles. The van der Waals surface area contributed by atoms with Gasteiger partial charge in [-0.1, -0.05) is 176 Å². The van der Waals surface area contributed by atoms with Crippen molar-refractivity contribution in [1.82, 2.24) is 0 Å². The third-order valence-electron chi connectivity index (χ3n) is 21.8. The monoisotopic (exact) mass is 1090 g/mol. The zero-order valence-electron chi connectivity index (χ0n) is 52.3. The predicted molar refractivity (Wildman–Crippen MR) is 357 cm³/mol. The SMILES string of the molecule is CC(C)(C)c1cccc(N2c3cc(C(C)(C)C)ccc3B3c4cc5c(cc4N(c4ccc6c(c4)C(C)(C)CCC6)c4cc(N6c7ccc(N(c8ccccc8)c8ccccc8)cc7C7(C)CCCCC67C)cc2c43)C(C)(C)CCC5(C)C)c1. The number of benzene rings is 8. The molecule has 14 rings (SSSR count). The molecule has 4 nitrogen and oxygen atoms in total. The normalized spacial score (nSPS) is 21.5. The van der Waals surface area contributed by atoms with Crippen molar-refractivity contribution in [3.8, 4) is 0 Å². The van der Waals surface area contributed by atoms with E-state index in [2.05, 4.69) is 280 Å². The summed E-state index contributed by atoms with van der Waals surface area (Å²) in [5, 5.41) is 0. The Kier molecular flexibility index (Phi) is 12.0. The van der Waals surface area contributed by atoms with Crippen molar-refractivity contribution in [2.45, 2.75) is 193 Å². The second-order valence-electron chi connectivity index (χ2n) is 30.5. The first-order valence-electron chi connectivity index (χ1n) is 31.6. The molecule has 8 aromatic rings. The Morgan fingerprint density at radius 1 is 0.398 bits per heavy atom. The van der Waals surface area contributed by atoms with E-state index in [1.807, 2.05) is 0 Å². The lowest BCUT2D eigenvalue weighted by Crippen LogP contribution is -2.62. The van der Waals surface area contributed by atoms with Crippen LogP contribution in [0.4, 0.5) is 62.6 Å². The molecule has 3 heterocycles. The highest BCUT2D eigenvalue weighted by molar-refractivity contribution is 7.00. The van der Waals surface area contributed by atoms with Crippen LogP contribution in [0.15, 0.2) is 164 Å². The fraction of sp³-hybridized carbons (Fsp3) is 0.385. The minimum Gasteiger partial charge on any atom is -0.334 e. The summed E-state index contributed by atoms with van der Waals surface area (Å²) in [5.74, 6) is 0. The topological polar surface area (TPSA) is 13.0 Å². The Balaban J connectivity index is 1.10. The summed E-state index contributed by atoms with van der Waals surface area (Å²) in [4.78, 5) is 10.8. The lowest BCUT2D eigenvalue weighted by molar-refractivity contribution is 0.195. The highest BCUT2D eigenvalue weighted by atomic mass is 15.3. The molecule has 0 spiro atoms. The molecule has 8 aromatic carbocycles. The third-order valence-corrected chi connectivity index (χ3v) is 21.8. The van der Waals surface area contributed by atoms with E-state index in [-0.39, 0.29) is 44.7 Å². The number of rotatable bonds is 6. The van der Waals surface area contributed by atoms with Crippen LogP contribution in [0.5, 0.6) is 0 Å². The Hall–Kier alpha value is -6.98. The lowest BCUT2D eigenvalue weighted by atomic mass is 9.33. The van der Waals surface area contributed by atoms with Gasteiger partial charge in [-0.05, 0) is 225 Å². The highest BCUT2D eigenvalue weighted by Crippen LogP contribution is 2.63. The van der Waals surface area contributed by atoms with Crippen molar-refractivity contribution in [3.05, 3.63) is 203 Å². The molecule has 3 aliphatic heterocycles. The molecule has 0 amide bonds. The van der Waals surface area contributed by atoms with Crippen molar-refractivity contribution < 1.29 is 0 Å². The third kappa shape index (κ3) is 8.26. The second-order valence-corrected chi connectivity index (χ2v) is 30.5. The zero-order valence-corrected chi connectivity index (χ0v) is 52.3. The molecule has 6 aliphatic rings. The van der Waals surface area contributed by atoms with Gasteiger partial charge in [0.1, 0.15) is 0 Å². The summed E-state index contributed by atoms with van der Waals surface area (Å²) in [7, 11) is 0. The Morgan fingerprint density at radius 3 is 1.64 bits per heavy atom. The molecule has 2 atom stereocenters. The van der Waals surface area contributed by atoms with Crippen LogP contribution in [0.3, 0.4) is 0 Å². The molecule has 0 saturated heterocycles. The highest BCUT2D eigenvalue weighted by Gasteiger charge is 2.58. The van der Waals surface area contributed by atoms with E-state index in [4.69, 9.17) is 0 Å². The van der Waals surface area contributed by atoms with E-state index in [0.29, 0.717) is 0 Å². The van der Waals surface area contributed by atoms with Gasteiger partial charge in [0.2, 0.25) is 0 Å². The first-order chi connectivity index (χ1) is 39.4. The van der Waals surface area contributed by atoms with Crippen LogP contribution >= 0.6 is 0 Å². The summed E-state index contributed by atoms with van der Waals surface area (Å²) in [6.45, 7) is 34.5. The van der Waals surface area contributed by atoms with Crippen molar-refractivity contribution in [2.24, 2.45) is 0 Å². The van der Waals surface area contributed by atoms with Crippen LogP contribution in [0.2, 0.25) is 0 Å². The van der Waals surface area contributed by atoms with Gasteiger partial charge in [0.15, 0.2) is 0 Å². The van der Waals surface area contributed by atoms with Gasteiger partial charge in [0.25, 0.3) is 6.71 Å². The minimum absolute atomic E-state index is 0.00233. The van der Waals surface area contributed by atoms with Gasteiger partial charge in [-0.15, -0.1) is 0 Å². The molecule has 1 saturated carbocycles. The lowest BCUT2D eigenvalue weighted by Gasteiger charge is -2.51. The number of aryl methyl sites for hydroxylation is 1. The second kappa shape index (κ2) is 18.5. The molecule has 0 radical (unpaired) electrons. The van der Waals surface area contributed by atoms with Crippen LogP contribution < -0.4 is 36.0 Å². The Bertz CT molecular complexity index is 3870. The maximum absolute atomic E-state index is 2.86. The molecule has 83 heavy (non-hydrogen) atoms. The van der Waals surface area contributed by atoms with Crippen LogP contribution in [-0.4, -0.2) is 12.3 Å². The fourth-order valence-corrected chi connectivity index (χ4v) is 16.6. The van der Waals surface area contributed by atoms with Crippen molar-refractivity contribution in [1.29, 1.82) is 0 Å². The molecule has 1 fully saturated rings. The summed E-state index contributed by atoms with van der Waals surface area (Å²) in [5.41, 5.74) is 27.8. The quantitative estimate of drug-likeness (QED) is 0.154. The van der Waals surface area contributed by atoms with Crippen LogP contribution in [0.25, 0.3) is 0 Å². The van der Waals surface area contributed by atoms with E-state index in [9.17, 15) is 0 Å². The van der Waals surface area contributed by atoms with Crippen LogP contribution in [0, 0.1) is 0 Å². The van der Waals surface area contributed by atoms with Gasteiger partial charge in [0.05, 0.1) is 5.54 Å². The Labute approximate surface area is 498 Å². The molecule has 3 aliphatic carbocycles. The first kappa shape index (κ1) is 54.0. The molecule has 5 heteroatoms. The van der Waals surface area contributed by atoms with Gasteiger partial charge in [-0.2, -0.15) is 0 Å². The molecule has 0 N–H and O–H groups in total. The van der Waals surface area contributed by atoms with Crippen molar-refractivity contribution in [2.75, 3.05) is 19.6 Å². The molecule has 0 bridgehead atoms. The smallest absolute Gasteiger partial charge is 0.252 e. The van der Waals surface area contributed by atoms with E-state index in [1.165, 1.54) is 139 Å². The number of hydrogen-bond donors (Lipinski definition) is 0. The minimum atomic E-state index is -0.220. The predicted octanol–water partition coefficient (Wildman–Crippen LogP) is 19.5. The number of para-hydroxylation sites is 2. The molecular formula is C78H87BN4. The van der Waals surface area contributed by atoms with Gasteiger partial charge < -0.3 is 19.6 Å². The largest absolute Gasteiger partial charge is 0.334 e. The van der Waals surface area contributed by atoms with Gasteiger partial charge in [0, 0.05) is 68.0 Å². The summed E-state index contributed by atoms with van der Waals surface area (Å²) >= 11 is 0. The zero-order chi connectivity index (χ0) is 58.0. The van der Waals surface area contributed by atoms with Gasteiger partial charge >= 0.3 is 0 Å². The van der Waals surface area contributed by atoms with Gasteiger partial charge in [-0.25, -0.2) is 0 Å². The molecular weight excluding hydrogens is 1000 g/mol. The standard InChI is InChI=1S/C78H87BN4/c1-72(2,3)52-26-23-31-56(43-52)81-67-44-53(73(4,5)6)33-36-64(67)79-65-49-61-62(76(11,12)42-41-75(61,9)10)50-68(65)82(58-34-32-51-25-24-38-74(7,8)60(51)45-58)70-48-59(47-69(81)71(70)79)83-66-37-35-57(46-63(66)77(13)39-21-22-40-78(77,83)14)80(54-27-17-15-18-28-54)55-29-19-16-20-30-55/h15-20,23,26-37,43-50H,21-22,24-25,38-42H2,1-14H3. The average Bonchev–Trinajstić information content (AvgIpc) is 2.12. The Morgan fingerprint density at radius 2 is 0.988 bits per heavy atom. The molecule has 422 valence electrons. The van der Waals surface area contributed by atoms with Crippen LogP contribution in [0.1, 0.15) is 187 Å². The fourth-order valence-electron chi connectivity index (χ4n) is 16.6. The van der Waals surface area contributed by atoms with E-state index in [1.54, 1.807) is 0 Å². The van der Waals surface area contributed by atoms with E-state index < -0.39 is 0 Å². The molecule has 2 unspecified atom stereocenters. The van der Waals surface area contributed by atoms with Crippen LogP contribution in [-0.2, 0) is 38.9 Å². The number of hydrogen-bond acceptors (Lipinski definition) is 4. The maximum atomic E-state index is 2.86. The van der Waals surface area contributed by atoms with Crippen molar-refractivity contribution in [3.63, 3.8) is 0 Å². The maximum Gasteiger partial charge on any atom is 0.252 e. The van der Waals surface area contributed by atoms with Gasteiger partial charge in [-0.3, -0.25) is 0 Å². The van der Waals surface area contributed by atoms with E-state index >= 15 is 0 Å². The first-order valence-corrected chi connectivity index (χ1v) is 31.6. The summed E-state index contributed by atoms with van der Waals surface area (Å²) < 4.78 is 0. The number of fused-ring (bicyclic) bond motifs is 9. The summed E-state index contributed by atoms with van der Waals surface area (Å²) in [6, 6.07) is 64.9.